The largest absolute Gasteiger partial charge is 0.392 e. The number of thiocarbonyl (C=S) groups is 1. The lowest BCUT2D eigenvalue weighted by Gasteiger charge is -2.37. The second-order valence-corrected chi connectivity index (χ2v) is 5.90. The summed E-state index contributed by atoms with van der Waals surface area (Å²) in [5.74, 6) is 0.619. The Hall–Kier alpha value is -0.230. The zero-order chi connectivity index (χ0) is 13.5. The Labute approximate surface area is 116 Å². The van der Waals surface area contributed by atoms with Gasteiger partial charge in [-0.2, -0.15) is 0 Å². The highest BCUT2D eigenvalue weighted by atomic mass is 32.1. The average molecular weight is 273 g/mol. The summed E-state index contributed by atoms with van der Waals surface area (Å²) in [5, 5.41) is 0. The van der Waals surface area contributed by atoms with Crippen molar-refractivity contribution < 1.29 is 4.74 Å². The minimum Gasteiger partial charge on any atom is -0.392 e. The van der Waals surface area contributed by atoms with Crippen molar-refractivity contribution >= 4 is 17.2 Å². The molecule has 0 spiro atoms. The maximum Gasteiger partial charge on any atom is 0.0899 e. The van der Waals surface area contributed by atoms with E-state index in [2.05, 4.69) is 30.6 Å². The van der Waals surface area contributed by atoms with Crippen LogP contribution in [-0.2, 0) is 4.74 Å². The van der Waals surface area contributed by atoms with Gasteiger partial charge in [-0.05, 0) is 12.8 Å². The highest BCUT2D eigenvalue weighted by molar-refractivity contribution is 7.80. The van der Waals surface area contributed by atoms with Crippen LogP contribution >= 0.6 is 12.2 Å². The van der Waals surface area contributed by atoms with Gasteiger partial charge in [0, 0.05) is 39.3 Å². The Bertz CT molecular complexity index is 253. The van der Waals surface area contributed by atoms with E-state index in [9.17, 15) is 0 Å². The van der Waals surface area contributed by atoms with Crippen molar-refractivity contribution in [3.63, 3.8) is 0 Å². The van der Waals surface area contributed by atoms with E-state index in [1.165, 1.54) is 0 Å². The van der Waals surface area contributed by atoms with E-state index < -0.39 is 0 Å². The molecule has 1 aliphatic rings. The van der Waals surface area contributed by atoms with E-state index in [1.54, 1.807) is 0 Å². The van der Waals surface area contributed by atoms with Crippen molar-refractivity contribution in [2.24, 2.45) is 11.7 Å². The van der Waals surface area contributed by atoms with Crippen LogP contribution in [0.3, 0.4) is 0 Å². The summed E-state index contributed by atoms with van der Waals surface area (Å²) in [5.41, 5.74) is 5.68. The third kappa shape index (κ3) is 5.61. The number of hydrogen-bond donors (Lipinski definition) is 1. The molecule has 0 radical (unpaired) electrons. The summed E-state index contributed by atoms with van der Waals surface area (Å²) in [6.45, 7) is 13.4. The maximum absolute atomic E-state index is 5.68. The number of hydrogen-bond acceptors (Lipinski definition) is 4. The van der Waals surface area contributed by atoms with Crippen LogP contribution in [0.5, 0.6) is 0 Å². The molecule has 1 fully saturated rings. The fraction of sp³-hybridized carbons (Fsp3) is 0.923. The van der Waals surface area contributed by atoms with Gasteiger partial charge in [-0.25, -0.2) is 0 Å². The van der Waals surface area contributed by atoms with Gasteiger partial charge >= 0.3 is 0 Å². The zero-order valence-corrected chi connectivity index (χ0v) is 12.7. The Kier molecular flexibility index (Phi) is 7.07. The molecule has 0 aliphatic carbocycles. The van der Waals surface area contributed by atoms with E-state index >= 15 is 0 Å². The first-order valence-electron chi connectivity index (χ1n) is 6.84. The molecule has 106 valence electrons. The molecule has 0 aromatic heterocycles. The van der Waals surface area contributed by atoms with Crippen LogP contribution < -0.4 is 5.73 Å². The Morgan fingerprint density at radius 2 is 1.83 bits per heavy atom. The first-order chi connectivity index (χ1) is 8.50. The molecule has 1 heterocycles. The van der Waals surface area contributed by atoms with E-state index in [0.717, 1.165) is 45.9 Å². The first-order valence-corrected chi connectivity index (χ1v) is 7.25. The molecule has 0 amide bonds. The smallest absolute Gasteiger partial charge is 0.0899 e. The molecule has 2 N–H and O–H groups in total. The van der Waals surface area contributed by atoms with Gasteiger partial charge in [-0.3, -0.25) is 9.80 Å². The Morgan fingerprint density at radius 1 is 1.22 bits per heavy atom. The summed E-state index contributed by atoms with van der Waals surface area (Å²) in [7, 11) is 0. The van der Waals surface area contributed by atoms with Crippen LogP contribution in [0.25, 0.3) is 0 Å². The minimum atomic E-state index is 0.222. The molecule has 1 saturated heterocycles. The molecule has 0 aromatic rings. The van der Waals surface area contributed by atoms with Gasteiger partial charge < -0.3 is 10.5 Å². The van der Waals surface area contributed by atoms with Gasteiger partial charge in [0.15, 0.2) is 0 Å². The lowest BCUT2D eigenvalue weighted by Crippen LogP contribution is -2.53. The summed E-state index contributed by atoms with van der Waals surface area (Å²) >= 11 is 5.04. The van der Waals surface area contributed by atoms with Crippen molar-refractivity contribution in [2.45, 2.75) is 26.8 Å². The van der Waals surface area contributed by atoms with Gasteiger partial charge in [-0.1, -0.05) is 26.1 Å². The van der Waals surface area contributed by atoms with Crippen molar-refractivity contribution in [1.29, 1.82) is 0 Å². The predicted octanol–water partition coefficient (Wildman–Crippen LogP) is 0.951. The zero-order valence-electron chi connectivity index (χ0n) is 11.9. The summed E-state index contributed by atoms with van der Waals surface area (Å²) < 4.78 is 5.61. The summed E-state index contributed by atoms with van der Waals surface area (Å²) in [6, 6.07) is 0.222. The number of nitrogens with zero attached hydrogens (tertiary/aromatic N) is 2. The fourth-order valence-corrected chi connectivity index (χ4v) is 2.22. The molecular formula is C13H27N3OS. The van der Waals surface area contributed by atoms with Gasteiger partial charge in [-0.15, -0.1) is 0 Å². The second-order valence-electron chi connectivity index (χ2n) is 5.42. The van der Waals surface area contributed by atoms with Gasteiger partial charge in [0.25, 0.3) is 0 Å². The molecular weight excluding hydrogens is 246 g/mol. The topological polar surface area (TPSA) is 41.7 Å². The monoisotopic (exact) mass is 273 g/mol. The average Bonchev–Trinajstić information content (AvgIpc) is 2.34. The molecule has 1 aliphatic heterocycles. The highest BCUT2D eigenvalue weighted by Crippen LogP contribution is 2.06. The van der Waals surface area contributed by atoms with Crippen molar-refractivity contribution in [2.75, 3.05) is 45.9 Å². The van der Waals surface area contributed by atoms with Crippen LogP contribution in [0.1, 0.15) is 20.8 Å². The number of rotatable bonds is 7. The standard InChI is InChI=1S/C13H27N3OS/c1-11(2)10-17-9-8-15-4-6-16(7-5-15)12(3)13(14)18/h11-12H,4-10H2,1-3H3,(H2,14,18). The third-order valence-corrected chi connectivity index (χ3v) is 3.71. The first kappa shape index (κ1) is 15.8. The molecule has 4 nitrogen and oxygen atoms in total. The summed E-state index contributed by atoms with van der Waals surface area (Å²) in [6.07, 6.45) is 0. The third-order valence-electron chi connectivity index (χ3n) is 3.37. The van der Waals surface area contributed by atoms with Crippen LogP contribution in [0, 0.1) is 5.92 Å². The molecule has 1 atom stereocenters. The van der Waals surface area contributed by atoms with E-state index in [-0.39, 0.29) is 6.04 Å². The number of nitrogens with two attached hydrogens (primary N) is 1. The maximum atomic E-state index is 5.68. The van der Waals surface area contributed by atoms with E-state index in [1.807, 2.05) is 0 Å². The van der Waals surface area contributed by atoms with Crippen molar-refractivity contribution in [1.82, 2.24) is 9.80 Å². The summed E-state index contributed by atoms with van der Waals surface area (Å²) in [4.78, 5) is 5.40. The molecule has 1 unspecified atom stereocenters. The minimum absolute atomic E-state index is 0.222. The van der Waals surface area contributed by atoms with Gasteiger partial charge in [0.2, 0.25) is 0 Å². The van der Waals surface area contributed by atoms with Crippen LogP contribution in [0.2, 0.25) is 0 Å². The molecule has 5 heteroatoms. The molecule has 0 saturated carbocycles. The van der Waals surface area contributed by atoms with Crippen LogP contribution in [0.15, 0.2) is 0 Å². The van der Waals surface area contributed by atoms with Crippen molar-refractivity contribution in [3.05, 3.63) is 0 Å². The fourth-order valence-electron chi connectivity index (χ4n) is 2.07. The normalized spacial score (nSPS) is 20.2. The van der Waals surface area contributed by atoms with Crippen LogP contribution in [0.4, 0.5) is 0 Å². The Balaban J connectivity index is 2.13. The SMILES string of the molecule is CC(C)COCCN1CCN(C(C)C(N)=S)CC1. The molecule has 0 aromatic carbocycles. The van der Waals surface area contributed by atoms with Crippen molar-refractivity contribution in [3.8, 4) is 0 Å². The number of piperazine rings is 1. The molecule has 18 heavy (non-hydrogen) atoms. The highest BCUT2D eigenvalue weighted by Gasteiger charge is 2.21. The number of ether oxygens (including phenoxy) is 1. The lowest BCUT2D eigenvalue weighted by atomic mass is 10.2. The molecule has 0 bridgehead atoms. The van der Waals surface area contributed by atoms with E-state index in [0.29, 0.717) is 10.9 Å². The quantitative estimate of drug-likeness (QED) is 0.552. The van der Waals surface area contributed by atoms with E-state index in [4.69, 9.17) is 22.7 Å². The Morgan fingerprint density at radius 3 is 2.33 bits per heavy atom. The van der Waals surface area contributed by atoms with Gasteiger partial charge in [0.05, 0.1) is 17.6 Å². The predicted molar refractivity (Wildman–Crippen MR) is 79.9 cm³/mol. The second kappa shape index (κ2) is 8.04. The van der Waals surface area contributed by atoms with Gasteiger partial charge in [0.1, 0.15) is 0 Å². The lowest BCUT2D eigenvalue weighted by molar-refractivity contribution is 0.0619. The van der Waals surface area contributed by atoms with Crippen LogP contribution in [-0.4, -0.2) is 66.8 Å². The molecule has 1 rings (SSSR count).